The number of carboxylic acid groups (broad SMARTS) is 1. The van der Waals surface area contributed by atoms with Crippen molar-refractivity contribution in [2.45, 2.75) is 392 Å². The van der Waals surface area contributed by atoms with E-state index >= 15 is 0 Å². The van der Waals surface area contributed by atoms with Gasteiger partial charge in [-0.2, -0.15) is 0 Å². The largest absolute Gasteiger partial charge is 0.477 e. The normalized spacial score (nSPS) is 12.6. The van der Waals surface area contributed by atoms with E-state index in [1.165, 1.54) is 315 Å². The maximum Gasteiger partial charge on any atom is 0.361 e. The molecule has 0 aliphatic rings. The van der Waals surface area contributed by atoms with Crippen molar-refractivity contribution in [2.75, 3.05) is 47.5 Å². The van der Waals surface area contributed by atoms with Gasteiger partial charge in [0.2, 0.25) is 0 Å². The lowest BCUT2D eigenvalue weighted by Crippen LogP contribution is -2.40. The van der Waals surface area contributed by atoms with Crippen LogP contribution in [0.5, 0.6) is 0 Å². The lowest BCUT2D eigenvalue weighted by molar-refractivity contribution is -0.870. The van der Waals surface area contributed by atoms with Gasteiger partial charge in [-0.3, -0.25) is 9.59 Å². The Morgan fingerprint density at radius 1 is 0.325 bits per heavy atom. The molecule has 80 heavy (non-hydrogen) atoms. The van der Waals surface area contributed by atoms with Gasteiger partial charge < -0.3 is 28.5 Å². The van der Waals surface area contributed by atoms with Crippen LogP contribution in [0.4, 0.5) is 0 Å². The third-order valence-electron chi connectivity index (χ3n) is 16.6. The molecule has 0 aromatic carbocycles. The van der Waals surface area contributed by atoms with E-state index in [1.807, 2.05) is 21.1 Å². The number of nitrogens with zero attached hydrogens (tertiary/aromatic N) is 1. The Hall–Kier alpha value is -1.71. The molecule has 476 valence electrons. The van der Waals surface area contributed by atoms with Crippen LogP contribution in [0.2, 0.25) is 0 Å². The van der Waals surface area contributed by atoms with E-state index < -0.39 is 18.4 Å². The molecule has 0 saturated heterocycles. The monoisotopic (exact) mass is 1140 g/mol. The summed E-state index contributed by atoms with van der Waals surface area (Å²) >= 11 is 0. The number of carbonyl (C=O) groups excluding carboxylic acids is 2. The number of unbranched alkanes of at least 4 members (excludes halogenated alkanes) is 53. The Labute approximate surface area is 498 Å². The molecule has 2 atom stereocenters. The molecule has 0 heterocycles. The molecule has 0 bridgehead atoms. The first-order chi connectivity index (χ1) is 39.1. The molecule has 0 aromatic rings. The third kappa shape index (κ3) is 63.9. The first-order valence-electron chi connectivity index (χ1n) is 35.7. The molecule has 0 spiro atoms. The van der Waals surface area contributed by atoms with E-state index in [1.54, 1.807) is 0 Å². The molecular formula is C71H140NO8+. The summed E-state index contributed by atoms with van der Waals surface area (Å²) < 4.78 is 23.0. The van der Waals surface area contributed by atoms with Gasteiger partial charge in [0.05, 0.1) is 34.4 Å². The van der Waals surface area contributed by atoms with Crippen molar-refractivity contribution < 1.29 is 42.9 Å². The van der Waals surface area contributed by atoms with E-state index in [0.717, 1.165) is 38.5 Å². The highest BCUT2D eigenvalue weighted by Crippen LogP contribution is 2.20. The molecule has 0 saturated carbocycles. The maximum absolute atomic E-state index is 12.9. The van der Waals surface area contributed by atoms with Crippen LogP contribution in [0.15, 0.2) is 0 Å². The highest BCUT2D eigenvalue weighted by atomic mass is 16.7. The third-order valence-corrected chi connectivity index (χ3v) is 16.6. The van der Waals surface area contributed by atoms with Gasteiger partial charge in [-0.25, -0.2) is 4.79 Å². The van der Waals surface area contributed by atoms with Gasteiger partial charge in [-0.05, 0) is 12.8 Å². The second-order valence-corrected chi connectivity index (χ2v) is 25.9. The molecule has 0 aliphatic heterocycles. The topological polar surface area (TPSA) is 108 Å². The highest BCUT2D eigenvalue weighted by Gasteiger charge is 2.25. The van der Waals surface area contributed by atoms with E-state index in [2.05, 4.69) is 13.8 Å². The minimum absolute atomic E-state index is 0.172. The summed E-state index contributed by atoms with van der Waals surface area (Å²) in [5, 5.41) is 9.75. The summed E-state index contributed by atoms with van der Waals surface area (Å²) in [6.45, 7) is 4.98. The minimum Gasteiger partial charge on any atom is -0.477 e. The van der Waals surface area contributed by atoms with Crippen molar-refractivity contribution in [1.82, 2.24) is 0 Å². The Morgan fingerprint density at radius 3 is 0.800 bits per heavy atom. The molecule has 0 aromatic heterocycles. The lowest BCUT2D eigenvalue weighted by Gasteiger charge is -2.25. The highest BCUT2D eigenvalue weighted by molar-refractivity contribution is 5.71. The van der Waals surface area contributed by atoms with E-state index in [4.69, 9.17) is 18.9 Å². The molecule has 0 fully saturated rings. The van der Waals surface area contributed by atoms with Gasteiger partial charge in [0, 0.05) is 12.8 Å². The fraction of sp³-hybridized carbons (Fsp3) is 0.958. The number of likely N-dealkylation sites (N-methyl/N-ethyl adjacent to an activating group) is 1. The molecular weight excluding hydrogens is 995 g/mol. The summed E-state index contributed by atoms with van der Waals surface area (Å²) in [5.41, 5.74) is 0. The zero-order chi connectivity index (χ0) is 58.3. The van der Waals surface area contributed by atoms with Gasteiger partial charge in [0.15, 0.2) is 6.10 Å². The van der Waals surface area contributed by atoms with E-state index in [9.17, 15) is 19.5 Å². The van der Waals surface area contributed by atoms with Crippen molar-refractivity contribution in [1.29, 1.82) is 0 Å². The molecule has 0 rings (SSSR count). The molecule has 9 heteroatoms. The summed E-state index contributed by atoms with van der Waals surface area (Å²) in [6, 6.07) is 0. The number of aliphatic carboxylic acids is 1. The van der Waals surface area contributed by atoms with Gasteiger partial charge in [0.25, 0.3) is 6.29 Å². The number of rotatable bonds is 68. The predicted octanol–water partition coefficient (Wildman–Crippen LogP) is 21.9. The van der Waals surface area contributed by atoms with Crippen LogP contribution in [0.25, 0.3) is 0 Å². The van der Waals surface area contributed by atoms with Crippen LogP contribution in [0, 0.1) is 0 Å². The fourth-order valence-electron chi connectivity index (χ4n) is 11.1. The minimum atomic E-state index is -1.50. The average Bonchev–Trinajstić information content (AvgIpc) is 3.43. The first-order valence-corrected chi connectivity index (χ1v) is 35.7. The van der Waals surface area contributed by atoms with Crippen LogP contribution in [-0.4, -0.2) is 87.4 Å². The number of hydrogen-bond acceptors (Lipinski definition) is 7. The number of hydrogen-bond donors (Lipinski definition) is 1. The number of esters is 2. The van der Waals surface area contributed by atoms with Crippen LogP contribution in [-0.2, 0) is 33.3 Å². The quantitative estimate of drug-likeness (QED) is 0.0278. The molecule has 0 radical (unpaired) electrons. The first kappa shape index (κ1) is 78.3. The Bertz CT molecular complexity index is 1270. The standard InChI is InChI=1S/C71H139NO8/c1-6-8-10-12-14-16-18-20-22-24-26-28-30-32-34-35-36-38-40-42-44-46-48-50-52-54-56-58-60-62-69(74)80-67(66-79-71(70(75)76)77-64-63-72(3,4)5)65-78-68(73)61-59-57-55-53-51-49-47-45-43-41-39-37-33-31-29-27-25-23-21-19-17-15-13-11-9-7-2/h67,71H,6-66H2,1-5H3/p+1. The second kappa shape index (κ2) is 63.3. The van der Waals surface area contributed by atoms with Crippen LogP contribution in [0.1, 0.15) is 380 Å². The second-order valence-electron chi connectivity index (χ2n) is 25.9. The molecule has 9 nitrogen and oxygen atoms in total. The van der Waals surface area contributed by atoms with Crippen LogP contribution >= 0.6 is 0 Å². The smallest absolute Gasteiger partial charge is 0.361 e. The fourth-order valence-corrected chi connectivity index (χ4v) is 11.1. The zero-order valence-corrected chi connectivity index (χ0v) is 54.5. The summed E-state index contributed by atoms with van der Waals surface area (Å²) in [6.07, 6.45) is 72.3. The average molecular weight is 1140 g/mol. The number of quaternary nitrogens is 1. The number of ether oxygens (including phenoxy) is 4. The van der Waals surface area contributed by atoms with E-state index in [0.29, 0.717) is 17.4 Å². The van der Waals surface area contributed by atoms with Gasteiger partial charge in [0.1, 0.15) is 13.2 Å². The van der Waals surface area contributed by atoms with Crippen molar-refractivity contribution in [3.63, 3.8) is 0 Å². The van der Waals surface area contributed by atoms with Crippen LogP contribution in [0.3, 0.4) is 0 Å². The Kier molecular flexibility index (Phi) is 62.0. The van der Waals surface area contributed by atoms with Gasteiger partial charge >= 0.3 is 17.9 Å². The predicted molar refractivity (Wildman–Crippen MR) is 342 cm³/mol. The maximum atomic E-state index is 12.9. The van der Waals surface area contributed by atoms with Gasteiger partial charge in [-0.15, -0.1) is 0 Å². The number of carbonyl (C=O) groups is 3. The summed E-state index contributed by atoms with van der Waals surface area (Å²) in [5.74, 6) is -1.96. The molecule has 0 amide bonds. The summed E-state index contributed by atoms with van der Waals surface area (Å²) in [4.78, 5) is 37.6. The number of carboxylic acids is 1. The van der Waals surface area contributed by atoms with Crippen molar-refractivity contribution >= 4 is 17.9 Å². The molecule has 2 unspecified atom stereocenters. The molecule has 1 N–H and O–H groups in total. The van der Waals surface area contributed by atoms with Gasteiger partial charge in [-0.1, -0.05) is 354 Å². The Balaban J connectivity index is 4.03. The van der Waals surface area contributed by atoms with Crippen molar-refractivity contribution in [2.24, 2.45) is 0 Å². The zero-order valence-electron chi connectivity index (χ0n) is 54.5. The summed E-state index contributed by atoms with van der Waals surface area (Å²) in [7, 11) is 6.00. The van der Waals surface area contributed by atoms with Crippen LogP contribution < -0.4 is 0 Å². The van der Waals surface area contributed by atoms with E-state index in [-0.39, 0.29) is 38.2 Å². The molecule has 0 aliphatic carbocycles. The van der Waals surface area contributed by atoms with Crippen molar-refractivity contribution in [3.05, 3.63) is 0 Å². The SMILES string of the molecule is CCCCCCCCCCCCCCCCCCCCCCCCCCCCCCCC(=O)OC(COC(=O)CCCCCCCCCCCCCCCCCCCCCCCCCCCC)COC(OCC[N+](C)(C)C)C(=O)O. The van der Waals surface area contributed by atoms with Crippen molar-refractivity contribution in [3.8, 4) is 0 Å². The Morgan fingerprint density at radius 2 is 0.562 bits per heavy atom. The lowest BCUT2D eigenvalue weighted by atomic mass is 10.0.